The van der Waals surface area contributed by atoms with Gasteiger partial charge in [0.15, 0.2) is 5.78 Å². The number of nitrogens with one attached hydrogen (secondary N) is 1. The summed E-state index contributed by atoms with van der Waals surface area (Å²) in [6.45, 7) is 4.82. The molecule has 0 heterocycles. The van der Waals surface area contributed by atoms with Gasteiger partial charge in [-0.15, -0.1) is 0 Å². The highest BCUT2D eigenvalue weighted by molar-refractivity contribution is 5.99. The standard InChI is InChI=1S/C15H18N2O7/c1-15(2,3)24-14(21)16-11(13(19)20)8-12(18)9-5-4-6-10(7-9)17(22)23/h4-7,11H,8H2,1-3H3,(H,16,21)(H,19,20). The molecule has 0 radical (unpaired) electrons. The van der Waals surface area contributed by atoms with E-state index in [1.54, 1.807) is 20.8 Å². The lowest BCUT2D eigenvalue weighted by Gasteiger charge is -2.21. The van der Waals surface area contributed by atoms with E-state index in [-0.39, 0.29) is 11.3 Å². The number of carbonyl (C=O) groups excluding carboxylic acids is 2. The Morgan fingerprint density at radius 3 is 2.46 bits per heavy atom. The summed E-state index contributed by atoms with van der Waals surface area (Å²) in [5.41, 5.74) is -1.12. The van der Waals surface area contributed by atoms with Crippen LogP contribution in [0.1, 0.15) is 37.6 Å². The van der Waals surface area contributed by atoms with E-state index in [1.807, 2.05) is 0 Å². The van der Waals surface area contributed by atoms with Crippen LogP contribution in [-0.2, 0) is 9.53 Å². The fourth-order valence-corrected chi connectivity index (χ4v) is 1.75. The minimum Gasteiger partial charge on any atom is -0.480 e. The van der Waals surface area contributed by atoms with Crippen LogP contribution in [0.15, 0.2) is 24.3 Å². The lowest BCUT2D eigenvalue weighted by atomic mass is 10.0. The Kier molecular flexibility index (Phi) is 5.99. The number of alkyl carbamates (subject to hydrolysis) is 1. The van der Waals surface area contributed by atoms with Gasteiger partial charge in [0.25, 0.3) is 5.69 Å². The Balaban J connectivity index is 2.83. The number of non-ortho nitro benzene ring substituents is 1. The molecule has 130 valence electrons. The first-order valence-corrected chi connectivity index (χ1v) is 6.99. The summed E-state index contributed by atoms with van der Waals surface area (Å²) in [5, 5.41) is 21.9. The normalized spacial score (nSPS) is 12.1. The Labute approximate surface area is 137 Å². The van der Waals surface area contributed by atoms with Crippen molar-refractivity contribution in [3.05, 3.63) is 39.9 Å². The molecule has 2 N–H and O–H groups in total. The van der Waals surface area contributed by atoms with Crippen molar-refractivity contribution in [2.45, 2.75) is 38.8 Å². The van der Waals surface area contributed by atoms with E-state index >= 15 is 0 Å². The molecule has 1 aromatic carbocycles. The van der Waals surface area contributed by atoms with Gasteiger partial charge in [0.1, 0.15) is 11.6 Å². The first-order chi connectivity index (χ1) is 11.0. The molecule has 0 saturated carbocycles. The zero-order chi connectivity index (χ0) is 18.5. The number of carboxylic acid groups (broad SMARTS) is 1. The van der Waals surface area contributed by atoms with Gasteiger partial charge in [0, 0.05) is 24.1 Å². The van der Waals surface area contributed by atoms with Gasteiger partial charge in [-0.2, -0.15) is 0 Å². The Morgan fingerprint density at radius 2 is 1.96 bits per heavy atom. The van der Waals surface area contributed by atoms with Gasteiger partial charge in [-0.05, 0) is 20.8 Å². The van der Waals surface area contributed by atoms with Gasteiger partial charge in [-0.25, -0.2) is 9.59 Å². The molecule has 0 saturated heterocycles. The van der Waals surface area contributed by atoms with Crippen LogP contribution < -0.4 is 5.32 Å². The van der Waals surface area contributed by atoms with Gasteiger partial charge in [0.2, 0.25) is 0 Å². The summed E-state index contributed by atoms with van der Waals surface area (Å²) in [4.78, 5) is 45.0. The number of aliphatic carboxylic acids is 1. The van der Waals surface area contributed by atoms with Crippen LogP contribution in [0.2, 0.25) is 0 Å². The van der Waals surface area contributed by atoms with Crippen LogP contribution in [0.3, 0.4) is 0 Å². The summed E-state index contributed by atoms with van der Waals surface area (Å²) < 4.78 is 4.94. The third-order valence-electron chi connectivity index (χ3n) is 2.76. The van der Waals surface area contributed by atoms with Crippen molar-refractivity contribution in [3.63, 3.8) is 0 Å². The maximum absolute atomic E-state index is 12.1. The number of hydrogen-bond acceptors (Lipinski definition) is 6. The van der Waals surface area contributed by atoms with E-state index in [9.17, 15) is 24.5 Å². The average molecular weight is 338 g/mol. The molecule has 0 aromatic heterocycles. The van der Waals surface area contributed by atoms with Crippen LogP contribution >= 0.6 is 0 Å². The second-order valence-corrected chi connectivity index (χ2v) is 5.97. The number of rotatable bonds is 6. The van der Waals surface area contributed by atoms with Crippen LogP contribution in [0.4, 0.5) is 10.5 Å². The number of hydrogen-bond donors (Lipinski definition) is 2. The second kappa shape index (κ2) is 7.53. The van der Waals surface area contributed by atoms with Crippen LogP contribution in [0, 0.1) is 10.1 Å². The van der Waals surface area contributed by atoms with Crippen molar-refractivity contribution < 1.29 is 29.2 Å². The number of nitrogens with zero attached hydrogens (tertiary/aromatic N) is 1. The predicted octanol–water partition coefficient (Wildman–Crippen LogP) is 2.15. The van der Waals surface area contributed by atoms with Crippen LogP contribution in [0.25, 0.3) is 0 Å². The number of ether oxygens (including phenoxy) is 1. The highest BCUT2D eigenvalue weighted by atomic mass is 16.6. The fourth-order valence-electron chi connectivity index (χ4n) is 1.75. The topological polar surface area (TPSA) is 136 Å². The summed E-state index contributed by atoms with van der Waals surface area (Å²) in [6, 6.07) is 3.41. The molecular weight excluding hydrogens is 320 g/mol. The molecule has 1 amide bonds. The fraction of sp³-hybridized carbons (Fsp3) is 0.400. The molecule has 24 heavy (non-hydrogen) atoms. The highest BCUT2D eigenvalue weighted by Crippen LogP contribution is 2.15. The van der Waals surface area contributed by atoms with Gasteiger partial charge in [0.05, 0.1) is 4.92 Å². The van der Waals surface area contributed by atoms with Crippen LogP contribution in [0.5, 0.6) is 0 Å². The SMILES string of the molecule is CC(C)(C)OC(=O)NC(CC(=O)c1cccc([N+](=O)[O-])c1)C(=O)O. The summed E-state index contributed by atoms with van der Waals surface area (Å²) >= 11 is 0. The number of carbonyl (C=O) groups is 3. The van der Waals surface area contributed by atoms with E-state index in [1.165, 1.54) is 18.2 Å². The molecular formula is C15H18N2O7. The molecule has 0 aliphatic rings. The first-order valence-electron chi connectivity index (χ1n) is 6.99. The van der Waals surface area contributed by atoms with E-state index in [4.69, 9.17) is 9.84 Å². The minimum absolute atomic E-state index is 0.0126. The van der Waals surface area contributed by atoms with Gasteiger partial charge < -0.3 is 15.2 Å². The van der Waals surface area contributed by atoms with Gasteiger partial charge in [-0.1, -0.05) is 12.1 Å². The average Bonchev–Trinajstić information content (AvgIpc) is 2.44. The molecule has 1 atom stereocenters. The zero-order valence-corrected chi connectivity index (χ0v) is 13.4. The Bertz CT molecular complexity index is 664. The summed E-state index contributed by atoms with van der Waals surface area (Å²) in [6.07, 6.45) is -1.53. The third kappa shape index (κ3) is 6.03. The largest absolute Gasteiger partial charge is 0.480 e. The molecule has 9 heteroatoms. The maximum Gasteiger partial charge on any atom is 0.408 e. The quantitative estimate of drug-likeness (QED) is 0.460. The molecule has 0 aliphatic heterocycles. The van der Waals surface area contributed by atoms with Crippen molar-refractivity contribution in [2.24, 2.45) is 0 Å². The smallest absolute Gasteiger partial charge is 0.408 e. The Morgan fingerprint density at radius 1 is 1.33 bits per heavy atom. The zero-order valence-electron chi connectivity index (χ0n) is 13.4. The summed E-state index contributed by atoms with van der Waals surface area (Å²) in [7, 11) is 0. The van der Waals surface area contributed by atoms with Crippen molar-refractivity contribution in [1.29, 1.82) is 0 Å². The number of carboxylic acids is 1. The lowest BCUT2D eigenvalue weighted by Crippen LogP contribution is -2.44. The monoisotopic (exact) mass is 338 g/mol. The van der Waals surface area contributed by atoms with Gasteiger partial charge >= 0.3 is 12.1 Å². The summed E-state index contributed by atoms with van der Waals surface area (Å²) in [5.74, 6) is -2.07. The number of ketones is 1. The van der Waals surface area contributed by atoms with Crippen molar-refractivity contribution in [3.8, 4) is 0 Å². The second-order valence-electron chi connectivity index (χ2n) is 5.97. The third-order valence-corrected chi connectivity index (χ3v) is 2.76. The van der Waals surface area contributed by atoms with Crippen molar-refractivity contribution in [1.82, 2.24) is 5.32 Å². The van der Waals surface area contributed by atoms with E-state index < -0.39 is 40.8 Å². The van der Waals surface area contributed by atoms with Crippen molar-refractivity contribution >= 4 is 23.5 Å². The molecule has 0 aliphatic carbocycles. The number of amides is 1. The van der Waals surface area contributed by atoms with E-state index in [2.05, 4.69) is 5.32 Å². The molecule has 0 bridgehead atoms. The number of nitro benzene ring substituents is 1. The molecule has 0 spiro atoms. The predicted molar refractivity (Wildman–Crippen MR) is 82.8 cm³/mol. The molecule has 1 aromatic rings. The van der Waals surface area contributed by atoms with E-state index in [0.29, 0.717) is 0 Å². The molecule has 1 rings (SSSR count). The molecule has 9 nitrogen and oxygen atoms in total. The number of benzene rings is 1. The van der Waals surface area contributed by atoms with E-state index in [0.717, 1.165) is 6.07 Å². The van der Waals surface area contributed by atoms with Crippen molar-refractivity contribution in [2.75, 3.05) is 0 Å². The van der Waals surface area contributed by atoms with Crippen LogP contribution in [-0.4, -0.2) is 39.5 Å². The van der Waals surface area contributed by atoms with Gasteiger partial charge in [-0.3, -0.25) is 14.9 Å². The molecule has 1 unspecified atom stereocenters. The maximum atomic E-state index is 12.1. The Hall–Kier alpha value is -2.97. The number of nitro groups is 1. The molecule has 0 fully saturated rings. The first kappa shape index (κ1) is 19.1. The number of Topliss-reactive ketones (excluding diaryl/α,β-unsaturated/α-hetero) is 1. The highest BCUT2D eigenvalue weighted by Gasteiger charge is 2.27. The minimum atomic E-state index is -1.51. The lowest BCUT2D eigenvalue weighted by molar-refractivity contribution is -0.384.